The number of ether oxygens (including phenoxy) is 1. The quantitative estimate of drug-likeness (QED) is 0.533. The van der Waals surface area contributed by atoms with E-state index in [1.165, 1.54) is 17.6 Å². The van der Waals surface area contributed by atoms with Crippen molar-refractivity contribution in [3.8, 4) is 0 Å². The number of halogens is 1. The molecular formula is C24H24ClNO4S. The van der Waals surface area contributed by atoms with Crippen molar-refractivity contribution in [1.82, 2.24) is 4.90 Å². The molecule has 1 aliphatic heterocycles. The van der Waals surface area contributed by atoms with Crippen LogP contribution < -0.4 is 0 Å². The Balaban J connectivity index is 0.000000229. The van der Waals surface area contributed by atoms with Gasteiger partial charge in [-0.3, -0.25) is 4.90 Å². The zero-order valence-corrected chi connectivity index (χ0v) is 18.9. The molecule has 7 heteroatoms. The number of methoxy groups -OCH3 is 1. The number of aromatic carboxylic acids is 1. The summed E-state index contributed by atoms with van der Waals surface area (Å²) in [5.74, 6) is -1.13. The van der Waals surface area contributed by atoms with Crippen LogP contribution in [0.2, 0.25) is 5.02 Å². The van der Waals surface area contributed by atoms with Gasteiger partial charge >= 0.3 is 11.9 Å². The number of hydrogen-bond donors (Lipinski definition) is 1. The van der Waals surface area contributed by atoms with Crippen molar-refractivity contribution >= 4 is 34.9 Å². The monoisotopic (exact) mass is 457 g/mol. The lowest BCUT2D eigenvalue weighted by molar-refractivity contribution is -0.147. The molecule has 0 aliphatic carbocycles. The third-order valence-corrected chi connectivity index (χ3v) is 6.57. The smallest absolute Gasteiger partial charge is 0.335 e. The number of nitrogens with zero attached hydrogens (tertiary/aromatic N) is 1. The number of hydrogen-bond acceptors (Lipinski definition) is 5. The van der Waals surface area contributed by atoms with Crippen LogP contribution in [0.3, 0.4) is 0 Å². The van der Waals surface area contributed by atoms with Crippen molar-refractivity contribution < 1.29 is 19.4 Å². The predicted octanol–water partition coefficient (Wildman–Crippen LogP) is 5.37. The average Bonchev–Trinajstić information content (AvgIpc) is 3.24. The Labute approximate surface area is 190 Å². The SMILES string of the molecule is COC(=O)[C@H](c1ccccc1Cl)N1CCc2sccc2C1.Cc1ccccc1C(=O)O. The second kappa shape index (κ2) is 10.6. The highest BCUT2D eigenvalue weighted by atomic mass is 35.5. The van der Waals surface area contributed by atoms with E-state index in [9.17, 15) is 9.59 Å². The first-order valence-corrected chi connectivity index (χ1v) is 11.1. The molecule has 0 radical (unpaired) electrons. The Kier molecular flexibility index (Phi) is 7.85. The number of thiophene rings is 1. The second-order valence-electron chi connectivity index (χ2n) is 7.16. The maximum Gasteiger partial charge on any atom is 0.335 e. The van der Waals surface area contributed by atoms with Gasteiger partial charge in [0.25, 0.3) is 0 Å². The van der Waals surface area contributed by atoms with E-state index < -0.39 is 12.0 Å². The first-order valence-electron chi connectivity index (χ1n) is 9.82. The Morgan fingerprint density at radius 2 is 1.84 bits per heavy atom. The van der Waals surface area contributed by atoms with E-state index in [1.807, 2.05) is 30.3 Å². The fraction of sp³-hybridized carbons (Fsp3) is 0.250. The summed E-state index contributed by atoms with van der Waals surface area (Å²) < 4.78 is 5.01. The lowest BCUT2D eigenvalue weighted by atomic mass is 10.0. The minimum absolute atomic E-state index is 0.262. The van der Waals surface area contributed by atoms with E-state index in [4.69, 9.17) is 21.4 Å². The van der Waals surface area contributed by atoms with Crippen LogP contribution in [0.25, 0.3) is 0 Å². The number of carboxylic acid groups (broad SMARTS) is 1. The zero-order valence-electron chi connectivity index (χ0n) is 17.4. The number of benzene rings is 2. The molecule has 1 atom stereocenters. The normalized spacial score (nSPS) is 14.0. The summed E-state index contributed by atoms with van der Waals surface area (Å²) in [6.07, 6.45) is 0.963. The highest BCUT2D eigenvalue weighted by Gasteiger charge is 2.32. The summed E-state index contributed by atoms with van der Waals surface area (Å²) in [5.41, 5.74) is 3.29. The van der Waals surface area contributed by atoms with Gasteiger partial charge in [0, 0.05) is 23.0 Å². The van der Waals surface area contributed by atoms with Crippen molar-refractivity contribution in [2.75, 3.05) is 13.7 Å². The van der Waals surface area contributed by atoms with Crippen LogP contribution >= 0.6 is 22.9 Å². The van der Waals surface area contributed by atoms with Crippen molar-refractivity contribution in [3.63, 3.8) is 0 Å². The summed E-state index contributed by atoms with van der Waals surface area (Å²) in [7, 11) is 1.42. The number of carboxylic acids is 1. The summed E-state index contributed by atoms with van der Waals surface area (Å²) in [6, 6.07) is 16.1. The molecule has 0 saturated carbocycles. The number of carbonyl (C=O) groups is 2. The van der Waals surface area contributed by atoms with Gasteiger partial charge < -0.3 is 9.84 Å². The number of rotatable bonds is 4. The third kappa shape index (κ3) is 5.53. The van der Waals surface area contributed by atoms with E-state index in [0.29, 0.717) is 10.6 Å². The molecule has 0 spiro atoms. The van der Waals surface area contributed by atoms with Crippen molar-refractivity contribution in [3.05, 3.63) is 92.1 Å². The first-order chi connectivity index (χ1) is 14.9. The van der Waals surface area contributed by atoms with Crippen LogP contribution in [0, 0.1) is 6.92 Å². The van der Waals surface area contributed by atoms with Gasteiger partial charge in [0.2, 0.25) is 0 Å². The lowest BCUT2D eigenvalue weighted by Crippen LogP contribution is -2.38. The molecule has 0 fully saturated rings. The lowest BCUT2D eigenvalue weighted by Gasteiger charge is -2.33. The number of aryl methyl sites for hydroxylation is 1. The molecule has 31 heavy (non-hydrogen) atoms. The standard InChI is InChI=1S/C16H16ClNO2S.C8H8O2/c1-20-16(19)15(12-4-2-3-5-13(12)17)18-8-6-14-11(10-18)7-9-21-14;1-6-4-2-3-5-7(6)8(9)10/h2-5,7,9,15H,6,8,10H2,1H3;2-5H,1H3,(H,9,10)/t15-;/m0./s1. The summed E-state index contributed by atoms with van der Waals surface area (Å²) in [4.78, 5) is 26.3. The third-order valence-electron chi connectivity index (χ3n) is 5.20. The van der Waals surface area contributed by atoms with Crippen molar-refractivity contribution in [1.29, 1.82) is 0 Å². The van der Waals surface area contributed by atoms with E-state index >= 15 is 0 Å². The molecule has 1 N–H and O–H groups in total. The summed E-state index contributed by atoms with van der Waals surface area (Å²) in [6.45, 7) is 3.37. The van der Waals surface area contributed by atoms with Gasteiger partial charge in [-0.15, -0.1) is 11.3 Å². The summed E-state index contributed by atoms with van der Waals surface area (Å²) >= 11 is 8.07. The van der Waals surface area contributed by atoms with E-state index in [-0.39, 0.29) is 5.97 Å². The fourth-order valence-corrected chi connectivity index (χ4v) is 4.71. The van der Waals surface area contributed by atoms with Crippen LogP contribution in [0.15, 0.2) is 60.0 Å². The Hall–Kier alpha value is -2.67. The van der Waals surface area contributed by atoms with Crippen LogP contribution in [-0.4, -0.2) is 35.6 Å². The second-order valence-corrected chi connectivity index (χ2v) is 8.56. The van der Waals surface area contributed by atoms with Crippen LogP contribution in [-0.2, 0) is 22.5 Å². The number of fused-ring (bicyclic) bond motifs is 1. The molecule has 5 nitrogen and oxygen atoms in total. The van der Waals surface area contributed by atoms with Gasteiger partial charge in [0.05, 0.1) is 12.7 Å². The van der Waals surface area contributed by atoms with Gasteiger partial charge in [-0.2, -0.15) is 0 Å². The number of carbonyl (C=O) groups excluding carboxylic acids is 1. The Bertz CT molecular complexity index is 1060. The van der Waals surface area contributed by atoms with Gasteiger partial charge in [0.1, 0.15) is 6.04 Å². The van der Waals surface area contributed by atoms with Crippen LogP contribution in [0.4, 0.5) is 0 Å². The molecule has 3 aromatic rings. The molecule has 4 rings (SSSR count). The van der Waals surface area contributed by atoms with Crippen molar-refractivity contribution in [2.24, 2.45) is 0 Å². The molecule has 0 unspecified atom stereocenters. The van der Waals surface area contributed by atoms with Crippen molar-refractivity contribution in [2.45, 2.75) is 25.9 Å². The average molecular weight is 458 g/mol. The molecule has 1 aromatic heterocycles. The molecule has 2 heterocycles. The van der Waals surface area contributed by atoms with Gasteiger partial charge in [-0.05, 0) is 53.6 Å². The van der Waals surface area contributed by atoms with Gasteiger partial charge in [-0.1, -0.05) is 48.0 Å². The largest absolute Gasteiger partial charge is 0.478 e. The molecule has 1 aliphatic rings. The summed E-state index contributed by atoms with van der Waals surface area (Å²) in [5, 5.41) is 11.3. The fourth-order valence-electron chi connectivity index (χ4n) is 3.58. The molecule has 0 bridgehead atoms. The van der Waals surface area contributed by atoms with E-state index in [1.54, 1.807) is 36.5 Å². The topological polar surface area (TPSA) is 66.8 Å². The molecule has 162 valence electrons. The zero-order chi connectivity index (χ0) is 22.4. The highest BCUT2D eigenvalue weighted by Crippen LogP contribution is 2.33. The Morgan fingerprint density at radius 1 is 1.13 bits per heavy atom. The highest BCUT2D eigenvalue weighted by molar-refractivity contribution is 7.10. The van der Waals surface area contributed by atoms with E-state index in [2.05, 4.69) is 16.3 Å². The van der Waals surface area contributed by atoms with Crippen LogP contribution in [0.1, 0.15) is 38.0 Å². The van der Waals surface area contributed by atoms with E-state index in [0.717, 1.165) is 30.6 Å². The Morgan fingerprint density at radius 3 is 2.48 bits per heavy atom. The minimum Gasteiger partial charge on any atom is -0.478 e. The maximum atomic E-state index is 12.3. The van der Waals surface area contributed by atoms with Gasteiger partial charge in [0.15, 0.2) is 0 Å². The molecule has 2 aromatic carbocycles. The molecular weight excluding hydrogens is 434 g/mol. The first kappa shape index (κ1) is 23.0. The maximum absolute atomic E-state index is 12.3. The van der Waals surface area contributed by atoms with Crippen LogP contribution in [0.5, 0.6) is 0 Å². The molecule has 0 saturated heterocycles. The predicted molar refractivity (Wildman–Crippen MR) is 123 cm³/mol. The minimum atomic E-state index is -0.863. The number of esters is 1. The van der Waals surface area contributed by atoms with Gasteiger partial charge in [-0.25, -0.2) is 9.59 Å². The molecule has 0 amide bonds.